The van der Waals surface area contributed by atoms with Crippen molar-refractivity contribution in [2.75, 3.05) is 18.9 Å². The van der Waals surface area contributed by atoms with Crippen LogP contribution in [-0.4, -0.2) is 24.2 Å². The quantitative estimate of drug-likeness (QED) is 0.489. The summed E-state index contributed by atoms with van der Waals surface area (Å²) >= 11 is 0. The molecule has 1 aromatic carbocycles. The number of ether oxygens (including phenoxy) is 2. The van der Waals surface area contributed by atoms with E-state index in [2.05, 4.69) is 0 Å². The lowest BCUT2D eigenvalue weighted by Crippen LogP contribution is -2.16. The van der Waals surface area contributed by atoms with Crippen molar-refractivity contribution in [3.05, 3.63) is 27.8 Å². The van der Waals surface area contributed by atoms with Crippen molar-refractivity contribution in [1.29, 1.82) is 5.26 Å². The number of rotatable bonds is 3. The summed E-state index contributed by atoms with van der Waals surface area (Å²) in [6.07, 6.45) is 0.602. The molecule has 2 N–H and O–H groups in total. The summed E-state index contributed by atoms with van der Waals surface area (Å²) in [4.78, 5) is 10.2. The standard InChI is InChI=1S/C11H11N3O4/c12-5-9-10(13)3-8(4-11(9)14(15)16)18-7-1-2-17-6-7/h3-4,7H,1-2,6,13H2/t7-/m0/s1. The minimum atomic E-state index is -0.646. The van der Waals surface area contributed by atoms with E-state index in [4.69, 9.17) is 20.5 Å². The number of nitro benzene ring substituents is 1. The third kappa shape index (κ3) is 2.33. The molecule has 1 aliphatic heterocycles. The number of nitriles is 1. The Morgan fingerprint density at radius 1 is 1.61 bits per heavy atom. The van der Waals surface area contributed by atoms with Crippen LogP contribution in [0.25, 0.3) is 0 Å². The molecule has 1 heterocycles. The smallest absolute Gasteiger partial charge is 0.292 e. The van der Waals surface area contributed by atoms with E-state index in [1.807, 2.05) is 0 Å². The molecule has 0 bridgehead atoms. The van der Waals surface area contributed by atoms with Crippen molar-refractivity contribution in [3.8, 4) is 11.8 Å². The molecule has 0 unspecified atom stereocenters. The fourth-order valence-corrected chi connectivity index (χ4v) is 1.75. The highest BCUT2D eigenvalue weighted by Gasteiger charge is 2.22. The third-order valence-corrected chi connectivity index (χ3v) is 2.62. The number of nitrogen functional groups attached to an aromatic ring is 1. The lowest BCUT2D eigenvalue weighted by molar-refractivity contribution is -0.385. The van der Waals surface area contributed by atoms with Crippen LogP contribution in [0.4, 0.5) is 11.4 Å². The molecule has 0 spiro atoms. The molecule has 0 saturated carbocycles. The van der Waals surface area contributed by atoms with Gasteiger partial charge >= 0.3 is 0 Å². The first-order valence-electron chi connectivity index (χ1n) is 5.34. The van der Waals surface area contributed by atoms with Crippen molar-refractivity contribution in [2.45, 2.75) is 12.5 Å². The van der Waals surface area contributed by atoms with Gasteiger partial charge in [0.15, 0.2) is 5.56 Å². The first-order chi connectivity index (χ1) is 8.61. The zero-order valence-electron chi connectivity index (χ0n) is 9.46. The largest absolute Gasteiger partial charge is 0.488 e. The fraction of sp³-hybridized carbons (Fsp3) is 0.364. The predicted molar refractivity (Wildman–Crippen MR) is 62.1 cm³/mol. The van der Waals surface area contributed by atoms with Crippen LogP contribution in [0.15, 0.2) is 12.1 Å². The molecule has 1 aromatic rings. The van der Waals surface area contributed by atoms with Crippen LogP contribution in [-0.2, 0) is 4.74 Å². The predicted octanol–water partition coefficient (Wildman–Crippen LogP) is 1.22. The number of nitro groups is 1. The van der Waals surface area contributed by atoms with Gasteiger partial charge in [0.2, 0.25) is 0 Å². The van der Waals surface area contributed by atoms with Crippen molar-refractivity contribution in [3.63, 3.8) is 0 Å². The van der Waals surface area contributed by atoms with E-state index in [9.17, 15) is 10.1 Å². The normalized spacial score (nSPS) is 18.3. The molecular weight excluding hydrogens is 238 g/mol. The van der Waals surface area contributed by atoms with Crippen LogP contribution in [0.2, 0.25) is 0 Å². The van der Waals surface area contributed by atoms with E-state index in [0.29, 0.717) is 13.2 Å². The van der Waals surface area contributed by atoms with E-state index < -0.39 is 4.92 Å². The summed E-state index contributed by atoms with van der Waals surface area (Å²) in [7, 11) is 0. The Labute approximate surface area is 103 Å². The van der Waals surface area contributed by atoms with Gasteiger partial charge in [0.05, 0.1) is 29.9 Å². The molecule has 0 aromatic heterocycles. The minimum Gasteiger partial charge on any atom is -0.488 e. The van der Waals surface area contributed by atoms with Crippen LogP contribution >= 0.6 is 0 Å². The maximum Gasteiger partial charge on any atom is 0.292 e. The molecule has 1 atom stereocenters. The molecule has 0 amide bonds. The number of hydrogen-bond acceptors (Lipinski definition) is 6. The molecule has 94 valence electrons. The van der Waals surface area contributed by atoms with E-state index >= 15 is 0 Å². The summed E-state index contributed by atoms with van der Waals surface area (Å²) in [6, 6.07) is 4.36. The Bertz CT molecular complexity index is 518. The molecule has 2 rings (SSSR count). The lowest BCUT2D eigenvalue weighted by atomic mass is 10.1. The van der Waals surface area contributed by atoms with Crippen molar-refractivity contribution in [2.24, 2.45) is 0 Å². The highest BCUT2D eigenvalue weighted by molar-refractivity contribution is 5.67. The van der Waals surface area contributed by atoms with Crippen LogP contribution in [0.1, 0.15) is 12.0 Å². The van der Waals surface area contributed by atoms with Crippen molar-refractivity contribution >= 4 is 11.4 Å². The molecule has 0 radical (unpaired) electrons. The summed E-state index contributed by atoms with van der Waals surface area (Å²) < 4.78 is 10.7. The van der Waals surface area contributed by atoms with Crippen LogP contribution in [0.3, 0.4) is 0 Å². The van der Waals surface area contributed by atoms with Gasteiger partial charge in [-0.3, -0.25) is 10.1 Å². The second kappa shape index (κ2) is 4.89. The summed E-state index contributed by atoms with van der Waals surface area (Å²) in [5.74, 6) is 0.286. The van der Waals surface area contributed by atoms with Gasteiger partial charge in [-0.25, -0.2) is 0 Å². The Morgan fingerprint density at radius 3 is 2.94 bits per heavy atom. The Hall–Kier alpha value is -2.33. The molecule has 1 fully saturated rings. The van der Waals surface area contributed by atoms with E-state index in [1.165, 1.54) is 12.1 Å². The summed E-state index contributed by atoms with van der Waals surface area (Å²) in [5, 5.41) is 19.7. The molecule has 18 heavy (non-hydrogen) atoms. The number of hydrogen-bond donors (Lipinski definition) is 1. The number of nitrogens with two attached hydrogens (primary N) is 1. The zero-order valence-corrected chi connectivity index (χ0v) is 9.46. The second-order valence-electron chi connectivity index (χ2n) is 3.88. The lowest BCUT2D eigenvalue weighted by Gasteiger charge is -2.12. The Kier molecular flexibility index (Phi) is 3.30. The maximum atomic E-state index is 10.8. The zero-order chi connectivity index (χ0) is 13.1. The van der Waals surface area contributed by atoms with E-state index in [0.717, 1.165) is 6.42 Å². The number of nitrogens with zero attached hydrogens (tertiary/aromatic N) is 2. The van der Waals surface area contributed by atoms with Gasteiger partial charge in [0.25, 0.3) is 5.69 Å². The monoisotopic (exact) mass is 249 g/mol. The summed E-state index contributed by atoms with van der Waals surface area (Å²) in [6.45, 7) is 1.06. The van der Waals surface area contributed by atoms with Crippen LogP contribution < -0.4 is 10.5 Å². The van der Waals surface area contributed by atoms with E-state index in [-0.39, 0.29) is 28.8 Å². The molecule has 7 nitrogen and oxygen atoms in total. The highest BCUT2D eigenvalue weighted by Crippen LogP contribution is 2.30. The van der Waals surface area contributed by atoms with Gasteiger partial charge in [0, 0.05) is 12.5 Å². The maximum absolute atomic E-state index is 10.8. The van der Waals surface area contributed by atoms with Gasteiger partial charge in [0.1, 0.15) is 17.9 Å². The molecule has 0 aliphatic carbocycles. The van der Waals surface area contributed by atoms with Gasteiger partial charge in [-0.1, -0.05) is 0 Å². The first-order valence-corrected chi connectivity index (χ1v) is 5.34. The fourth-order valence-electron chi connectivity index (χ4n) is 1.75. The average molecular weight is 249 g/mol. The number of benzene rings is 1. The SMILES string of the molecule is N#Cc1c(N)cc(O[C@H]2CCOC2)cc1[N+](=O)[O-]. The van der Waals surface area contributed by atoms with Crippen molar-refractivity contribution < 1.29 is 14.4 Å². The summed E-state index contributed by atoms with van der Waals surface area (Å²) in [5.41, 5.74) is 5.16. The molecule has 7 heteroatoms. The minimum absolute atomic E-state index is 0.0422. The molecule has 1 aliphatic rings. The van der Waals surface area contributed by atoms with Crippen LogP contribution in [0, 0.1) is 21.4 Å². The Balaban J connectivity index is 2.32. The third-order valence-electron chi connectivity index (χ3n) is 2.62. The Morgan fingerprint density at radius 2 is 2.39 bits per heavy atom. The average Bonchev–Trinajstić information content (AvgIpc) is 2.81. The number of anilines is 1. The molecule has 1 saturated heterocycles. The van der Waals surface area contributed by atoms with Crippen molar-refractivity contribution in [1.82, 2.24) is 0 Å². The van der Waals surface area contributed by atoms with E-state index in [1.54, 1.807) is 6.07 Å². The topological polar surface area (TPSA) is 111 Å². The van der Waals surface area contributed by atoms with Gasteiger partial charge < -0.3 is 15.2 Å². The first kappa shape index (κ1) is 12.1. The van der Waals surface area contributed by atoms with Crippen LogP contribution in [0.5, 0.6) is 5.75 Å². The van der Waals surface area contributed by atoms with Gasteiger partial charge in [-0.05, 0) is 0 Å². The van der Waals surface area contributed by atoms with Gasteiger partial charge in [-0.2, -0.15) is 5.26 Å². The second-order valence-corrected chi connectivity index (χ2v) is 3.88. The van der Waals surface area contributed by atoms with Gasteiger partial charge in [-0.15, -0.1) is 0 Å². The highest BCUT2D eigenvalue weighted by atomic mass is 16.6. The molecular formula is C11H11N3O4.